The molecule has 0 bridgehead atoms. The average molecular weight is 1090 g/mol. The monoisotopic (exact) mass is 1090 g/mol. The van der Waals surface area contributed by atoms with Gasteiger partial charge in [-0.2, -0.15) is 35.5 Å². The maximum atomic E-state index is 10.7. The van der Waals surface area contributed by atoms with Gasteiger partial charge in [0.05, 0.1) is 22.8 Å². The Bertz CT molecular complexity index is 4070. The van der Waals surface area contributed by atoms with Gasteiger partial charge in [-0.15, -0.1) is 0 Å². The molecule has 0 amide bonds. The van der Waals surface area contributed by atoms with E-state index < -0.39 is 31.3 Å². The molecule has 2 aliphatic carbocycles. The summed E-state index contributed by atoms with van der Waals surface area (Å²) in [5, 5.41) is 2.44. The highest BCUT2D eigenvalue weighted by Crippen LogP contribution is 2.42. The summed E-state index contributed by atoms with van der Waals surface area (Å²) in [4.78, 5) is 0. The van der Waals surface area contributed by atoms with Crippen molar-refractivity contribution in [2.75, 3.05) is 0 Å². The molecule has 8 nitrogen and oxygen atoms in total. The Labute approximate surface area is 446 Å². The molecule has 0 aliphatic heterocycles. The van der Waals surface area contributed by atoms with Gasteiger partial charge in [-0.05, 0) is 94.3 Å². The maximum Gasteiger partial charge on any atom is 0.485 e. The van der Waals surface area contributed by atoms with Crippen LogP contribution >= 0.6 is 0 Å². The molecule has 0 fully saturated rings. The maximum absolute atomic E-state index is 10.7. The zero-order chi connectivity index (χ0) is 55.0. The third-order valence-corrected chi connectivity index (χ3v) is 14.9. The van der Waals surface area contributed by atoms with Crippen molar-refractivity contribution in [2.24, 2.45) is 0 Å². The van der Waals surface area contributed by atoms with Gasteiger partial charge >= 0.3 is 11.0 Å². The predicted octanol–water partition coefficient (Wildman–Crippen LogP) is 13.4. The molecule has 12 rings (SSSR count). The van der Waals surface area contributed by atoms with Crippen molar-refractivity contribution in [2.45, 2.75) is 36.7 Å². The van der Waals surface area contributed by atoms with Crippen LogP contribution < -0.4 is 9.13 Å². The zero-order valence-corrected chi connectivity index (χ0v) is 42.7. The van der Waals surface area contributed by atoms with Crippen LogP contribution in [-0.2, 0) is 45.9 Å². The van der Waals surface area contributed by atoms with E-state index >= 15 is 0 Å². The number of benzene rings is 8. The van der Waals surface area contributed by atoms with Crippen molar-refractivity contribution in [1.82, 2.24) is 0 Å². The summed E-state index contributed by atoms with van der Waals surface area (Å²) in [7, 11) is -12.2. The average Bonchev–Trinajstić information content (AvgIpc) is 3.54. The molecule has 0 radical (unpaired) electrons. The van der Waals surface area contributed by atoms with Crippen molar-refractivity contribution in [1.29, 1.82) is 0 Å². The highest BCUT2D eigenvalue weighted by molar-refractivity contribution is 7.86. The predicted molar refractivity (Wildman–Crippen MR) is 285 cm³/mol. The molecule has 0 unspecified atom stereocenters. The van der Waals surface area contributed by atoms with Crippen molar-refractivity contribution in [3.05, 3.63) is 252 Å². The van der Waals surface area contributed by atoms with Gasteiger partial charge in [0.2, 0.25) is 28.5 Å². The second kappa shape index (κ2) is 21.3. The molecule has 78 heavy (non-hydrogen) atoms. The number of aryl methyl sites for hydroxylation is 1. The Morgan fingerprint density at radius 3 is 1.21 bits per heavy atom. The molecule has 16 heteroatoms. The topological polar surface area (TPSA) is 122 Å². The van der Waals surface area contributed by atoms with Crippen LogP contribution in [0.1, 0.15) is 33.5 Å². The minimum atomic E-state index is -6.09. The van der Waals surface area contributed by atoms with E-state index in [9.17, 15) is 26.3 Å². The fourth-order valence-electron chi connectivity index (χ4n) is 10.4. The van der Waals surface area contributed by atoms with Crippen LogP contribution in [0.5, 0.6) is 0 Å². The Balaban J connectivity index is 0.000000377. The fourth-order valence-corrected chi connectivity index (χ4v) is 10.4. The number of aromatic nitrogens is 2. The molecule has 2 aromatic heterocycles. The number of alkyl halides is 6. The SMILES string of the molecule is O=S(=O)([O-])C(F)(F)F.O=S(=O)([O-])C(F)(F)F.c1ccc(-c2cc(-c3ccccc3)[n+](-c3cccc4c(-[n+]5c(-c6ccccc6)cc(-c6ccccc6)c6c5-c5ccccc5CC6)cccc34)c3c2Cc2ccccc2C3)cc1. The van der Waals surface area contributed by atoms with Crippen molar-refractivity contribution < 1.29 is 61.4 Å². The first-order valence-electron chi connectivity index (χ1n) is 24.4. The van der Waals surface area contributed by atoms with Gasteiger partial charge in [0.1, 0.15) is 0 Å². The molecular weight excluding hydrogens is 1050 g/mol. The van der Waals surface area contributed by atoms with Gasteiger partial charge in [-0.25, -0.2) is 16.8 Å². The van der Waals surface area contributed by atoms with E-state index in [1.165, 1.54) is 112 Å². The molecule has 8 aromatic carbocycles. The lowest BCUT2D eigenvalue weighted by molar-refractivity contribution is -0.591. The largest absolute Gasteiger partial charge is 0.741 e. The molecule has 0 saturated carbocycles. The Morgan fingerprint density at radius 1 is 0.372 bits per heavy atom. The van der Waals surface area contributed by atoms with E-state index in [1.807, 2.05) is 0 Å². The van der Waals surface area contributed by atoms with Gasteiger partial charge in [0.15, 0.2) is 25.9 Å². The number of hydrogen-bond donors (Lipinski definition) is 0. The molecule has 2 heterocycles. The van der Waals surface area contributed by atoms with Crippen LogP contribution in [0, 0.1) is 0 Å². The van der Waals surface area contributed by atoms with Gasteiger partial charge in [-0.1, -0.05) is 152 Å². The minimum Gasteiger partial charge on any atom is -0.741 e. The molecule has 2 aliphatic rings. The molecule has 0 spiro atoms. The van der Waals surface area contributed by atoms with Crippen LogP contribution in [0.25, 0.3) is 78.2 Å². The first-order chi connectivity index (χ1) is 37.3. The first-order valence-corrected chi connectivity index (χ1v) is 27.3. The van der Waals surface area contributed by atoms with Gasteiger partial charge in [-0.3, -0.25) is 0 Å². The molecular formula is C62H44F6N2O6S2. The van der Waals surface area contributed by atoms with Crippen LogP contribution in [0.3, 0.4) is 0 Å². The van der Waals surface area contributed by atoms with Gasteiger partial charge in [0, 0.05) is 52.9 Å². The number of fused-ring (bicyclic) bond motifs is 6. The number of pyridine rings is 2. The summed E-state index contributed by atoms with van der Waals surface area (Å²) in [5.74, 6) is 0. The zero-order valence-electron chi connectivity index (χ0n) is 41.0. The highest BCUT2D eigenvalue weighted by atomic mass is 32.2. The lowest BCUT2D eigenvalue weighted by Gasteiger charge is -2.24. The molecule has 0 N–H and O–H groups in total. The smallest absolute Gasteiger partial charge is 0.485 e. The first kappa shape index (κ1) is 53.1. The van der Waals surface area contributed by atoms with E-state index in [2.05, 4.69) is 228 Å². The summed E-state index contributed by atoms with van der Waals surface area (Å²) in [6, 6.07) is 80.8. The van der Waals surface area contributed by atoms with Crippen LogP contribution in [0.15, 0.2) is 218 Å². The van der Waals surface area contributed by atoms with Gasteiger partial charge in [0.25, 0.3) is 0 Å². The van der Waals surface area contributed by atoms with E-state index in [-0.39, 0.29) is 0 Å². The van der Waals surface area contributed by atoms with E-state index in [4.69, 9.17) is 25.9 Å². The van der Waals surface area contributed by atoms with E-state index in [0.717, 1.165) is 25.7 Å². The van der Waals surface area contributed by atoms with Crippen LogP contribution in [0.2, 0.25) is 0 Å². The summed E-state index contributed by atoms with van der Waals surface area (Å²) in [6.07, 6.45) is 3.72. The summed E-state index contributed by atoms with van der Waals surface area (Å²) < 4.78 is 123. The van der Waals surface area contributed by atoms with Gasteiger partial charge < -0.3 is 9.11 Å². The number of rotatable bonds is 6. The summed E-state index contributed by atoms with van der Waals surface area (Å²) in [5.41, 5.74) is 11.9. The van der Waals surface area contributed by atoms with Crippen molar-refractivity contribution in [3.63, 3.8) is 0 Å². The Morgan fingerprint density at radius 2 is 0.744 bits per heavy atom. The number of halogens is 6. The third kappa shape index (κ3) is 10.6. The van der Waals surface area contributed by atoms with E-state index in [1.54, 1.807) is 0 Å². The minimum absolute atomic E-state index is 0.847. The lowest BCUT2D eigenvalue weighted by Crippen LogP contribution is -2.42. The number of nitrogens with zero attached hydrogens (tertiary/aromatic N) is 2. The highest BCUT2D eigenvalue weighted by Gasteiger charge is 2.39. The third-order valence-electron chi connectivity index (χ3n) is 13.8. The summed E-state index contributed by atoms with van der Waals surface area (Å²) in [6.45, 7) is 0. The van der Waals surface area contributed by atoms with E-state index in [0.29, 0.717) is 0 Å². The molecule has 10 aromatic rings. The second-order valence-electron chi connectivity index (χ2n) is 18.5. The number of hydrogen-bond acceptors (Lipinski definition) is 6. The normalized spacial score (nSPS) is 12.9. The summed E-state index contributed by atoms with van der Waals surface area (Å²) >= 11 is 0. The Hall–Kier alpha value is -8.28. The van der Waals surface area contributed by atoms with Crippen LogP contribution in [-0.4, -0.2) is 37.0 Å². The molecule has 0 saturated heterocycles. The quantitative estimate of drug-likeness (QED) is 0.0707. The standard InChI is InChI=1S/C60H44N2.2CHF3O3S/c1-5-19-41(20-6-1)52-39-58(45-26-11-4-12-27-45)62(60-48-30-16-15-23-43(48)35-36-51(52)60)56-34-18-31-49-50(56)32-17-33-55(49)61-57(44-24-9-3-10-25-44)40-53(42-21-7-2-8-22-42)54-37-46-28-13-14-29-47(46)38-59(54)61;2*2-1(3,4)8(5,6)7/h1-34,39-40H,35-38H2;2*(H,5,6,7)/q+2;;/p-2. The second-order valence-corrected chi connectivity index (χ2v) is 21.2. The molecule has 392 valence electrons. The fraction of sp³-hybridized carbons (Fsp3) is 0.0968. The van der Waals surface area contributed by atoms with Crippen molar-refractivity contribution >= 4 is 31.0 Å². The molecule has 0 atom stereocenters. The van der Waals surface area contributed by atoms with Crippen LogP contribution in [0.4, 0.5) is 26.3 Å². The lowest BCUT2D eigenvalue weighted by atomic mass is 9.83. The van der Waals surface area contributed by atoms with Crippen molar-refractivity contribution in [3.8, 4) is 67.4 Å². The Kier molecular flexibility index (Phi) is 14.5.